The number of rotatable bonds is 6. The molecule has 0 aromatic heterocycles. The van der Waals surface area contributed by atoms with E-state index in [-0.39, 0.29) is 12.8 Å². The largest absolute Gasteiger partial charge is 0.481 e. The number of hydrogen-bond acceptors (Lipinski definition) is 2. The number of carboxylic acid groups (broad SMARTS) is 2. The van der Waals surface area contributed by atoms with Crippen LogP contribution in [0, 0.1) is 6.07 Å². The third kappa shape index (κ3) is 4.13. The lowest BCUT2D eigenvalue weighted by Crippen LogP contribution is -2.03. The average molecular weight is 221 g/mol. The first kappa shape index (κ1) is 12.2. The molecule has 16 heavy (non-hydrogen) atoms. The summed E-state index contributed by atoms with van der Waals surface area (Å²) in [6.07, 6.45) is 0.908. The Kier molecular flexibility index (Phi) is 4.51. The number of benzene rings is 1. The summed E-state index contributed by atoms with van der Waals surface area (Å²) in [5.41, 5.74) is 1.66. The fourth-order valence-electron chi connectivity index (χ4n) is 1.45. The van der Waals surface area contributed by atoms with Crippen molar-refractivity contribution < 1.29 is 19.8 Å². The highest BCUT2D eigenvalue weighted by Crippen LogP contribution is 2.12. The monoisotopic (exact) mass is 221 g/mol. The Morgan fingerprint density at radius 3 is 2.38 bits per heavy atom. The molecule has 0 saturated carbocycles. The summed E-state index contributed by atoms with van der Waals surface area (Å²) < 4.78 is 0. The lowest BCUT2D eigenvalue weighted by Gasteiger charge is -2.06. The second kappa shape index (κ2) is 5.90. The Labute approximate surface area is 93.5 Å². The van der Waals surface area contributed by atoms with Crippen molar-refractivity contribution in [3.8, 4) is 0 Å². The first-order valence-electron chi connectivity index (χ1n) is 5.01. The molecule has 0 unspecified atom stereocenters. The molecule has 0 saturated heterocycles. The van der Waals surface area contributed by atoms with Crippen LogP contribution >= 0.6 is 0 Å². The zero-order valence-corrected chi connectivity index (χ0v) is 8.77. The number of hydrogen-bond donors (Lipinski definition) is 2. The van der Waals surface area contributed by atoms with Crippen molar-refractivity contribution in [3.05, 3.63) is 35.4 Å². The second-order valence-electron chi connectivity index (χ2n) is 3.46. The van der Waals surface area contributed by atoms with Crippen LogP contribution in [0.1, 0.15) is 24.0 Å². The normalized spacial score (nSPS) is 10.0. The van der Waals surface area contributed by atoms with Crippen LogP contribution in [0.15, 0.2) is 18.2 Å². The van der Waals surface area contributed by atoms with Gasteiger partial charge in [0.15, 0.2) is 0 Å². The van der Waals surface area contributed by atoms with Gasteiger partial charge < -0.3 is 10.2 Å². The van der Waals surface area contributed by atoms with E-state index < -0.39 is 11.9 Å². The maximum atomic E-state index is 10.4. The number of carbonyl (C=O) groups is 2. The molecule has 0 heterocycles. The third-order valence-electron chi connectivity index (χ3n) is 2.24. The molecule has 0 spiro atoms. The van der Waals surface area contributed by atoms with E-state index in [0.29, 0.717) is 12.8 Å². The molecule has 0 fully saturated rings. The van der Waals surface area contributed by atoms with Crippen molar-refractivity contribution in [1.82, 2.24) is 0 Å². The van der Waals surface area contributed by atoms with Gasteiger partial charge in [-0.25, -0.2) is 0 Å². The molecular weight excluding hydrogens is 208 g/mol. The Bertz CT molecular complexity index is 347. The Morgan fingerprint density at radius 1 is 1.12 bits per heavy atom. The quantitative estimate of drug-likeness (QED) is 0.763. The van der Waals surface area contributed by atoms with Crippen molar-refractivity contribution >= 4 is 11.9 Å². The van der Waals surface area contributed by atoms with Crippen molar-refractivity contribution in [1.29, 1.82) is 0 Å². The summed E-state index contributed by atoms with van der Waals surface area (Å²) in [5.74, 6) is -1.71. The van der Waals surface area contributed by atoms with Gasteiger partial charge in [0.25, 0.3) is 0 Å². The van der Waals surface area contributed by atoms with Crippen molar-refractivity contribution in [2.45, 2.75) is 25.7 Å². The first-order chi connectivity index (χ1) is 7.59. The summed E-state index contributed by atoms with van der Waals surface area (Å²) >= 11 is 0. The Morgan fingerprint density at radius 2 is 1.75 bits per heavy atom. The van der Waals surface area contributed by atoms with Crippen molar-refractivity contribution in [2.75, 3.05) is 0 Å². The van der Waals surface area contributed by atoms with E-state index >= 15 is 0 Å². The Balaban J connectivity index is 2.67. The van der Waals surface area contributed by atoms with Gasteiger partial charge >= 0.3 is 11.9 Å². The highest BCUT2D eigenvalue weighted by atomic mass is 16.4. The maximum absolute atomic E-state index is 10.4. The third-order valence-corrected chi connectivity index (χ3v) is 2.24. The van der Waals surface area contributed by atoms with Gasteiger partial charge in [-0.3, -0.25) is 9.59 Å². The lowest BCUT2D eigenvalue weighted by atomic mass is 9.99. The molecule has 0 atom stereocenters. The van der Waals surface area contributed by atoms with Crippen LogP contribution in [0.2, 0.25) is 0 Å². The molecule has 0 aliphatic carbocycles. The van der Waals surface area contributed by atoms with Crippen LogP contribution in [0.5, 0.6) is 0 Å². The molecule has 0 aliphatic heterocycles. The summed E-state index contributed by atoms with van der Waals surface area (Å²) in [5, 5.41) is 17.2. The van der Waals surface area contributed by atoms with Crippen LogP contribution < -0.4 is 0 Å². The van der Waals surface area contributed by atoms with E-state index in [0.717, 1.165) is 11.1 Å². The molecule has 2 N–H and O–H groups in total. The molecule has 1 radical (unpaired) electrons. The van der Waals surface area contributed by atoms with E-state index in [4.69, 9.17) is 10.2 Å². The van der Waals surface area contributed by atoms with Crippen LogP contribution in [-0.2, 0) is 22.4 Å². The smallest absolute Gasteiger partial charge is 0.303 e. The number of aryl methyl sites for hydroxylation is 2. The molecule has 4 nitrogen and oxygen atoms in total. The predicted molar refractivity (Wildman–Crippen MR) is 57.2 cm³/mol. The Hall–Kier alpha value is -1.84. The first-order valence-corrected chi connectivity index (χ1v) is 5.01. The predicted octanol–water partition coefficient (Wildman–Crippen LogP) is 1.52. The minimum absolute atomic E-state index is 0.0422. The van der Waals surface area contributed by atoms with Gasteiger partial charge in [-0.2, -0.15) is 0 Å². The van der Waals surface area contributed by atoms with Gasteiger partial charge in [0.2, 0.25) is 0 Å². The van der Waals surface area contributed by atoms with Gasteiger partial charge in [0.1, 0.15) is 0 Å². The van der Waals surface area contributed by atoms with Gasteiger partial charge in [-0.05, 0) is 30.0 Å². The van der Waals surface area contributed by atoms with Crippen molar-refractivity contribution in [3.63, 3.8) is 0 Å². The lowest BCUT2D eigenvalue weighted by molar-refractivity contribution is -0.138. The summed E-state index contributed by atoms with van der Waals surface area (Å²) in [6.45, 7) is 0. The van der Waals surface area contributed by atoms with E-state index in [1.165, 1.54) is 0 Å². The van der Waals surface area contributed by atoms with Crippen LogP contribution in [-0.4, -0.2) is 22.2 Å². The molecular formula is C12H13O4. The fourth-order valence-corrected chi connectivity index (χ4v) is 1.45. The van der Waals surface area contributed by atoms with E-state index in [2.05, 4.69) is 6.07 Å². The maximum Gasteiger partial charge on any atom is 0.303 e. The minimum Gasteiger partial charge on any atom is -0.481 e. The van der Waals surface area contributed by atoms with Gasteiger partial charge in [-0.15, -0.1) is 0 Å². The minimum atomic E-state index is -0.860. The van der Waals surface area contributed by atoms with Crippen LogP contribution in [0.3, 0.4) is 0 Å². The molecule has 0 bridgehead atoms. The van der Waals surface area contributed by atoms with Gasteiger partial charge in [-0.1, -0.05) is 18.2 Å². The summed E-state index contributed by atoms with van der Waals surface area (Å²) in [6, 6.07) is 8.26. The van der Waals surface area contributed by atoms with Gasteiger partial charge in [0, 0.05) is 12.8 Å². The fraction of sp³-hybridized carbons (Fsp3) is 0.333. The van der Waals surface area contributed by atoms with Crippen LogP contribution in [0.4, 0.5) is 0 Å². The highest BCUT2D eigenvalue weighted by molar-refractivity contribution is 5.68. The standard InChI is InChI=1S/C12H13O4/c13-11(14)7-5-9-3-1-2-4-10(9)6-8-12(15)16/h1-3H,5-8H2,(H,13,14)(H,15,16). The molecule has 0 amide bonds. The second-order valence-corrected chi connectivity index (χ2v) is 3.46. The number of aliphatic carboxylic acids is 2. The molecule has 4 heteroatoms. The van der Waals surface area contributed by atoms with Gasteiger partial charge in [0.05, 0.1) is 0 Å². The molecule has 1 aromatic carbocycles. The summed E-state index contributed by atoms with van der Waals surface area (Å²) in [7, 11) is 0. The zero-order chi connectivity index (χ0) is 12.0. The molecule has 85 valence electrons. The van der Waals surface area contributed by atoms with Crippen molar-refractivity contribution in [2.24, 2.45) is 0 Å². The van der Waals surface area contributed by atoms with E-state index in [1.54, 1.807) is 12.1 Å². The SMILES string of the molecule is O=C(O)CCc1[c]cccc1CCC(=O)O. The molecule has 0 aliphatic rings. The summed E-state index contributed by atoms with van der Waals surface area (Å²) in [4.78, 5) is 20.9. The van der Waals surface area contributed by atoms with Crippen LogP contribution in [0.25, 0.3) is 0 Å². The average Bonchev–Trinajstić information content (AvgIpc) is 2.24. The van der Waals surface area contributed by atoms with E-state index in [9.17, 15) is 9.59 Å². The number of carboxylic acids is 2. The highest BCUT2D eigenvalue weighted by Gasteiger charge is 2.06. The van der Waals surface area contributed by atoms with E-state index in [1.807, 2.05) is 6.07 Å². The zero-order valence-electron chi connectivity index (χ0n) is 8.77. The topological polar surface area (TPSA) is 74.6 Å². The molecule has 1 aromatic rings. The molecule has 1 rings (SSSR count).